The van der Waals surface area contributed by atoms with Crippen LogP contribution in [-0.2, 0) is 0 Å². The second kappa shape index (κ2) is 7.13. The lowest BCUT2D eigenvalue weighted by atomic mass is 10.2. The Labute approximate surface area is 160 Å². The number of carbonyl (C=O) groups excluding carboxylic acids is 1. The molecule has 5 nitrogen and oxygen atoms in total. The van der Waals surface area contributed by atoms with E-state index in [-0.39, 0.29) is 0 Å². The summed E-state index contributed by atoms with van der Waals surface area (Å²) in [4.78, 5) is 20.2. The van der Waals surface area contributed by atoms with Gasteiger partial charge in [0, 0.05) is 5.56 Å². The third-order valence-corrected chi connectivity index (χ3v) is 4.45. The molecule has 0 saturated heterocycles. The van der Waals surface area contributed by atoms with Crippen molar-refractivity contribution in [1.29, 1.82) is 0 Å². The number of rotatable bonds is 4. The minimum absolute atomic E-state index is 0.294. The summed E-state index contributed by atoms with van der Waals surface area (Å²) in [5, 5.41) is 0.334. The van der Waals surface area contributed by atoms with Gasteiger partial charge in [0.25, 0.3) is 0 Å². The molecule has 1 aromatic heterocycles. The van der Waals surface area contributed by atoms with Crippen molar-refractivity contribution >= 4 is 28.6 Å². The number of benzene rings is 3. The smallest absolute Gasteiger partial charge is 0.345 e. The summed E-state index contributed by atoms with van der Waals surface area (Å²) in [6.45, 7) is 0. The molecule has 0 aliphatic rings. The van der Waals surface area contributed by atoms with Crippen LogP contribution in [0.5, 0.6) is 11.5 Å². The maximum atomic E-state index is 12.4. The van der Waals surface area contributed by atoms with Gasteiger partial charge >= 0.3 is 5.97 Å². The largest absolute Gasteiger partial charge is 0.493 e. The molecule has 0 radical (unpaired) electrons. The van der Waals surface area contributed by atoms with Crippen LogP contribution in [0.2, 0.25) is 5.02 Å². The lowest BCUT2D eigenvalue weighted by molar-refractivity contribution is 0.0730. The van der Waals surface area contributed by atoms with Gasteiger partial charge in [-0.2, -0.15) is 0 Å². The van der Waals surface area contributed by atoms with Gasteiger partial charge in [0.2, 0.25) is 0 Å². The molecule has 6 heteroatoms. The molecule has 0 aliphatic heterocycles. The monoisotopic (exact) mass is 378 g/mol. The van der Waals surface area contributed by atoms with Gasteiger partial charge in [0.1, 0.15) is 5.82 Å². The van der Waals surface area contributed by atoms with Gasteiger partial charge < -0.3 is 14.5 Å². The number of halogens is 1. The third-order valence-electron chi connectivity index (χ3n) is 4.12. The summed E-state index contributed by atoms with van der Waals surface area (Å²) in [6, 6.07) is 19.8. The van der Waals surface area contributed by atoms with Crippen molar-refractivity contribution in [2.75, 3.05) is 7.11 Å². The summed E-state index contributed by atoms with van der Waals surface area (Å²) in [5.74, 6) is 0.893. The molecule has 0 aliphatic carbocycles. The highest BCUT2D eigenvalue weighted by atomic mass is 35.5. The number of hydrogen-bond acceptors (Lipinski definition) is 4. The van der Waals surface area contributed by atoms with E-state index in [0.717, 1.165) is 16.6 Å². The molecular weight excluding hydrogens is 364 g/mol. The number of para-hydroxylation sites is 2. The highest BCUT2D eigenvalue weighted by Gasteiger charge is 2.16. The normalized spacial score (nSPS) is 10.7. The number of aromatic amines is 1. The third kappa shape index (κ3) is 3.37. The molecule has 4 aromatic rings. The number of fused-ring (bicyclic) bond motifs is 1. The van der Waals surface area contributed by atoms with Crippen LogP contribution in [0.1, 0.15) is 10.4 Å². The molecule has 134 valence electrons. The fourth-order valence-electron chi connectivity index (χ4n) is 2.77. The van der Waals surface area contributed by atoms with Gasteiger partial charge in [-0.15, -0.1) is 0 Å². The number of nitrogens with one attached hydrogen (secondary N) is 1. The van der Waals surface area contributed by atoms with E-state index in [1.54, 1.807) is 36.4 Å². The predicted octanol–water partition coefficient (Wildman–Crippen LogP) is 5.11. The summed E-state index contributed by atoms with van der Waals surface area (Å²) in [7, 11) is 1.52. The van der Waals surface area contributed by atoms with Crippen molar-refractivity contribution in [3.05, 3.63) is 77.3 Å². The van der Waals surface area contributed by atoms with Gasteiger partial charge in [0.15, 0.2) is 11.5 Å². The highest BCUT2D eigenvalue weighted by Crippen LogP contribution is 2.33. The lowest BCUT2D eigenvalue weighted by Crippen LogP contribution is -2.09. The first-order chi connectivity index (χ1) is 13.2. The predicted molar refractivity (Wildman–Crippen MR) is 104 cm³/mol. The second-order valence-corrected chi connectivity index (χ2v) is 6.24. The first-order valence-corrected chi connectivity index (χ1v) is 8.63. The van der Waals surface area contributed by atoms with Crippen molar-refractivity contribution in [2.45, 2.75) is 0 Å². The molecule has 1 N–H and O–H groups in total. The number of esters is 1. The van der Waals surface area contributed by atoms with Crippen LogP contribution in [0.15, 0.2) is 66.7 Å². The van der Waals surface area contributed by atoms with Crippen molar-refractivity contribution < 1.29 is 14.3 Å². The Morgan fingerprint density at radius 3 is 2.56 bits per heavy atom. The zero-order valence-corrected chi connectivity index (χ0v) is 15.2. The van der Waals surface area contributed by atoms with E-state index in [0.29, 0.717) is 27.9 Å². The van der Waals surface area contributed by atoms with E-state index in [4.69, 9.17) is 21.1 Å². The molecule has 0 spiro atoms. The molecule has 0 fully saturated rings. The first-order valence-electron chi connectivity index (χ1n) is 8.25. The number of aromatic nitrogens is 2. The van der Waals surface area contributed by atoms with Crippen LogP contribution >= 0.6 is 11.6 Å². The fourth-order valence-corrected chi connectivity index (χ4v) is 2.98. The Bertz CT molecular complexity index is 1100. The number of imidazole rings is 1. The van der Waals surface area contributed by atoms with Gasteiger partial charge in [-0.25, -0.2) is 9.78 Å². The molecule has 0 atom stereocenters. The second-order valence-electron chi connectivity index (χ2n) is 5.84. The molecule has 27 heavy (non-hydrogen) atoms. The van der Waals surface area contributed by atoms with Crippen LogP contribution < -0.4 is 9.47 Å². The van der Waals surface area contributed by atoms with E-state index < -0.39 is 5.97 Å². The molecule has 1 heterocycles. The number of H-pyrrole nitrogens is 1. The van der Waals surface area contributed by atoms with Crippen molar-refractivity contribution in [3.8, 4) is 22.9 Å². The van der Waals surface area contributed by atoms with E-state index >= 15 is 0 Å². The van der Waals surface area contributed by atoms with E-state index in [2.05, 4.69) is 9.97 Å². The quantitative estimate of drug-likeness (QED) is 0.396. The van der Waals surface area contributed by atoms with Gasteiger partial charge in [-0.05, 0) is 42.5 Å². The Kier molecular flexibility index (Phi) is 4.52. The molecule has 0 saturated carbocycles. The van der Waals surface area contributed by atoms with E-state index in [1.807, 2.05) is 30.3 Å². The Morgan fingerprint density at radius 1 is 1.00 bits per heavy atom. The number of ether oxygens (including phenoxy) is 2. The van der Waals surface area contributed by atoms with E-state index in [9.17, 15) is 4.79 Å². The van der Waals surface area contributed by atoms with Crippen LogP contribution in [0.3, 0.4) is 0 Å². The fraction of sp³-hybridized carbons (Fsp3) is 0.0476. The Balaban J connectivity index is 1.65. The number of methoxy groups -OCH3 is 1. The standard InChI is InChI=1S/C21H15ClN2O3/c1-26-19-12-13(20-23-16-8-4-5-9-17(16)24-20)10-11-18(19)27-21(25)14-6-2-3-7-15(14)22/h2-12H,1H3,(H,23,24). The van der Waals surface area contributed by atoms with Crippen LogP contribution in [0, 0.1) is 0 Å². The van der Waals surface area contributed by atoms with Crippen LogP contribution in [0.4, 0.5) is 0 Å². The molecule has 4 rings (SSSR count). The summed E-state index contributed by atoms with van der Waals surface area (Å²) in [6.07, 6.45) is 0. The average Bonchev–Trinajstić information content (AvgIpc) is 3.12. The summed E-state index contributed by atoms with van der Waals surface area (Å²) in [5.41, 5.74) is 2.93. The topological polar surface area (TPSA) is 64.2 Å². The van der Waals surface area contributed by atoms with Crippen LogP contribution in [0.25, 0.3) is 22.4 Å². The number of carbonyl (C=O) groups is 1. The van der Waals surface area contributed by atoms with Gasteiger partial charge in [0.05, 0.1) is 28.7 Å². The molecule has 0 unspecified atom stereocenters. The lowest BCUT2D eigenvalue weighted by Gasteiger charge is -2.11. The number of hydrogen-bond donors (Lipinski definition) is 1. The van der Waals surface area contributed by atoms with E-state index in [1.165, 1.54) is 7.11 Å². The SMILES string of the molecule is COc1cc(-c2nc3ccccc3[nH]2)ccc1OC(=O)c1ccccc1Cl. The van der Waals surface area contributed by atoms with Crippen molar-refractivity contribution in [2.24, 2.45) is 0 Å². The van der Waals surface area contributed by atoms with Crippen molar-refractivity contribution in [3.63, 3.8) is 0 Å². The number of nitrogens with zero attached hydrogens (tertiary/aromatic N) is 1. The highest BCUT2D eigenvalue weighted by molar-refractivity contribution is 6.33. The first kappa shape index (κ1) is 17.1. The zero-order chi connectivity index (χ0) is 18.8. The Morgan fingerprint density at radius 2 is 1.78 bits per heavy atom. The maximum Gasteiger partial charge on any atom is 0.345 e. The molecular formula is C21H15ClN2O3. The summed E-state index contributed by atoms with van der Waals surface area (Å²) >= 11 is 6.06. The Hall–Kier alpha value is -3.31. The summed E-state index contributed by atoms with van der Waals surface area (Å²) < 4.78 is 10.9. The molecule has 0 bridgehead atoms. The van der Waals surface area contributed by atoms with Crippen molar-refractivity contribution in [1.82, 2.24) is 9.97 Å². The zero-order valence-electron chi connectivity index (χ0n) is 14.4. The molecule has 3 aromatic carbocycles. The minimum atomic E-state index is -0.546. The van der Waals surface area contributed by atoms with Gasteiger partial charge in [-0.1, -0.05) is 35.9 Å². The molecule has 0 amide bonds. The minimum Gasteiger partial charge on any atom is -0.493 e. The van der Waals surface area contributed by atoms with Crippen LogP contribution in [-0.4, -0.2) is 23.0 Å². The maximum absolute atomic E-state index is 12.4. The average molecular weight is 379 g/mol. The van der Waals surface area contributed by atoms with Gasteiger partial charge in [-0.3, -0.25) is 0 Å².